The molecule has 0 heterocycles. The van der Waals surface area contributed by atoms with Crippen LogP contribution in [0.2, 0.25) is 0 Å². The fourth-order valence-corrected chi connectivity index (χ4v) is 1.25. The van der Waals surface area contributed by atoms with Crippen molar-refractivity contribution >= 4 is 11.5 Å². The van der Waals surface area contributed by atoms with Crippen molar-refractivity contribution in [1.29, 1.82) is 0 Å². The number of aryl methyl sites for hydroxylation is 1. The molecule has 0 aliphatic heterocycles. The van der Waals surface area contributed by atoms with E-state index in [-0.39, 0.29) is 11.3 Å². The maximum Gasteiger partial charge on any atom is 0.417 e. The molecule has 1 aromatic carbocycles. The highest BCUT2D eigenvalue weighted by Gasteiger charge is 2.34. The number of rotatable bonds is 1. The number of ketones is 1. The third-order valence-corrected chi connectivity index (χ3v) is 2.09. The summed E-state index contributed by atoms with van der Waals surface area (Å²) in [6.45, 7) is 2.65. The maximum atomic E-state index is 12.5. The Labute approximate surface area is 84.9 Å². The second kappa shape index (κ2) is 3.56. The molecule has 0 amide bonds. The summed E-state index contributed by atoms with van der Waals surface area (Å²) in [4.78, 5) is 11.0. The number of nitrogen functional groups attached to an aromatic ring is 1. The number of anilines is 1. The molecule has 0 aromatic heterocycles. The molecule has 0 radical (unpaired) electrons. The number of hydrogen-bond donors (Lipinski definition) is 1. The summed E-state index contributed by atoms with van der Waals surface area (Å²) in [5.74, 6) is -0.620. The molecule has 0 fully saturated rings. The zero-order chi connectivity index (χ0) is 11.8. The summed E-state index contributed by atoms with van der Waals surface area (Å²) in [6.07, 6.45) is -4.55. The summed E-state index contributed by atoms with van der Waals surface area (Å²) in [6, 6.07) is 1.96. The predicted molar refractivity (Wildman–Crippen MR) is 50.6 cm³/mol. The molecule has 1 rings (SSSR count). The summed E-state index contributed by atoms with van der Waals surface area (Å²) in [5, 5.41) is 0. The van der Waals surface area contributed by atoms with Crippen LogP contribution in [0.4, 0.5) is 18.9 Å². The van der Waals surface area contributed by atoms with Crippen LogP contribution in [-0.4, -0.2) is 5.78 Å². The Kier molecular flexibility index (Phi) is 2.75. The largest absolute Gasteiger partial charge is 0.417 e. The Morgan fingerprint density at radius 1 is 1.33 bits per heavy atom. The van der Waals surface area contributed by atoms with E-state index in [1.807, 2.05) is 0 Å². The lowest BCUT2D eigenvalue weighted by Crippen LogP contribution is -2.13. The number of carbonyl (C=O) groups is 1. The highest BCUT2D eigenvalue weighted by atomic mass is 19.4. The van der Waals surface area contributed by atoms with Crippen LogP contribution in [0.1, 0.15) is 28.4 Å². The molecule has 0 aliphatic carbocycles. The summed E-state index contributed by atoms with van der Waals surface area (Å²) >= 11 is 0. The quantitative estimate of drug-likeness (QED) is 0.580. The van der Waals surface area contributed by atoms with Crippen LogP contribution < -0.4 is 5.73 Å². The van der Waals surface area contributed by atoms with Gasteiger partial charge >= 0.3 is 6.18 Å². The van der Waals surface area contributed by atoms with Crippen LogP contribution in [0.5, 0.6) is 0 Å². The molecule has 0 spiro atoms. The van der Waals surface area contributed by atoms with Crippen molar-refractivity contribution in [2.24, 2.45) is 0 Å². The number of halogens is 3. The highest BCUT2D eigenvalue weighted by Crippen LogP contribution is 2.34. The lowest BCUT2D eigenvalue weighted by Gasteiger charge is -2.13. The summed E-state index contributed by atoms with van der Waals surface area (Å²) in [5.41, 5.74) is 4.56. The van der Waals surface area contributed by atoms with Crippen LogP contribution >= 0.6 is 0 Å². The molecule has 2 N–H and O–H groups in total. The van der Waals surface area contributed by atoms with Gasteiger partial charge in [-0.3, -0.25) is 4.79 Å². The maximum absolute atomic E-state index is 12.5. The first kappa shape index (κ1) is 11.6. The van der Waals surface area contributed by atoms with E-state index < -0.39 is 17.5 Å². The van der Waals surface area contributed by atoms with Crippen LogP contribution in [0, 0.1) is 6.92 Å². The standard InChI is InChI=1S/C10H10F3NO/c1-5-3-7(6(2)15)8(4-9(5)14)10(11,12)13/h3-4H,14H2,1-2H3. The lowest BCUT2D eigenvalue weighted by atomic mass is 10.00. The van der Waals surface area contributed by atoms with Gasteiger partial charge in [-0.05, 0) is 31.5 Å². The van der Waals surface area contributed by atoms with Gasteiger partial charge in [-0.15, -0.1) is 0 Å². The van der Waals surface area contributed by atoms with Gasteiger partial charge in [-0.1, -0.05) is 0 Å². The molecular weight excluding hydrogens is 207 g/mol. The first-order valence-corrected chi connectivity index (χ1v) is 4.21. The summed E-state index contributed by atoms with van der Waals surface area (Å²) in [7, 11) is 0. The molecule has 15 heavy (non-hydrogen) atoms. The SMILES string of the molecule is CC(=O)c1cc(C)c(N)cc1C(F)(F)F. The van der Waals surface area contributed by atoms with Crippen LogP contribution in [0.15, 0.2) is 12.1 Å². The number of benzene rings is 1. The minimum absolute atomic E-state index is 0.0346. The van der Waals surface area contributed by atoms with E-state index in [0.29, 0.717) is 5.56 Å². The first-order chi connectivity index (χ1) is 6.73. The van der Waals surface area contributed by atoms with Crippen LogP contribution in [-0.2, 0) is 6.18 Å². The minimum Gasteiger partial charge on any atom is -0.399 e. The second-order valence-corrected chi connectivity index (χ2v) is 3.31. The Balaban J connectivity index is 3.49. The molecule has 82 valence electrons. The molecule has 5 heteroatoms. The van der Waals surface area contributed by atoms with Gasteiger partial charge in [0.2, 0.25) is 0 Å². The number of carbonyl (C=O) groups excluding carboxylic acids is 1. The highest BCUT2D eigenvalue weighted by molar-refractivity contribution is 5.96. The number of Topliss-reactive ketones (excluding diaryl/α,β-unsaturated/α-hetero) is 1. The fraction of sp³-hybridized carbons (Fsp3) is 0.300. The van der Waals surface area contributed by atoms with E-state index >= 15 is 0 Å². The van der Waals surface area contributed by atoms with Crippen molar-refractivity contribution in [1.82, 2.24) is 0 Å². The Bertz CT molecular complexity index is 410. The van der Waals surface area contributed by atoms with E-state index in [4.69, 9.17) is 5.73 Å². The average molecular weight is 217 g/mol. The molecule has 0 atom stereocenters. The van der Waals surface area contributed by atoms with E-state index in [1.54, 1.807) is 6.92 Å². The Hall–Kier alpha value is -1.52. The zero-order valence-corrected chi connectivity index (χ0v) is 8.27. The van der Waals surface area contributed by atoms with Crippen LogP contribution in [0.3, 0.4) is 0 Å². The van der Waals surface area contributed by atoms with Gasteiger partial charge in [0, 0.05) is 11.3 Å². The van der Waals surface area contributed by atoms with Crippen molar-refractivity contribution in [3.8, 4) is 0 Å². The van der Waals surface area contributed by atoms with Gasteiger partial charge in [0.1, 0.15) is 0 Å². The molecule has 0 saturated carbocycles. The van der Waals surface area contributed by atoms with Gasteiger partial charge < -0.3 is 5.73 Å². The topological polar surface area (TPSA) is 43.1 Å². The summed E-state index contributed by atoms with van der Waals surface area (Å²) < 4.78 is 37.5. The van der Waals surface area contributed by atoms with Crippen molar-refractivity contribution in [2.45, 2.75) is 20.0 Å². The second-order valence-electron chi connectivity index (χ2n) is 3.31. The van der Waals surface area contributed by atoms with Crippen molar-refractivity contribution < 1.29 is 18.0 Å². The van der Waals surface area contributed by atoms with E-state index in [1.165, 1.54) is 6.07 Å². The molecule has 0 saturated heterocycles. The first-order valence-electron chi connectivity index (χ1n) is 4.21. The zero-order valence-electron chi connectivity index (χ0n) is 8.27. The molecule has 2 nitrogen and oxygen atoms in total. The number of alkyl halides is 3. The molecular formula is C10H10F3NO. The third-order valence-electron chi connectivity index (χ3n) is 2.09. The lowest BCUT2D eigenvalue weighted by molar-refractivity contribution is -0.137. The van der Waals surface area contributed by atoms with E-state index in [9.17, 15) is 18.0 Å². The van der Waals surface area contributed by atoms with Gasteiger partial charge in [-0.2, -0.15) is 13.2 Å². The normalized spacial score (nSPS) is 11.5. The van der Waals surface area contributed by atoms with Gasteiger partial charge in [0.05, 0.1) is 5.56 Å². The molecule has 0 aliphatic rings. The molecule has 0 unspecified atom stereocenters. The predicted octanol–water partition coefficient (Wildman–Crippen LogP) is 2.80. The number of hydrogen-bond acceptors (Lipinski definition) is 2. The van der Waals surface area contributed by atoms with Crippen molar-refractivity contribution in [3.05, 3.63) is 28.8 Å². The minimum atomic E-state index is -4.55. The molecule has 1 aromatic rings. The monoisotopic (exact) mass is 217 g/mol. The number of nitrogens with two attached hydrogens (primary N) is 1. The Morgan fingerprint density at radius 3 is 2.27 bits per heavy atom. The van der Waals surface area contributed by atoms with E-state index in [0.717, 1.165) is 13.0 Å². The average Bonchev–Trinajstić information content (AvgIpc) is 2.06. The van der Waals surface area contributed by atoms with Crippen molar-refractivity contribution in [3.63, 3.8) is 0 Å². The van der Waals surface area contributed by atoms with E-state index in [2.05, 4.69) is 0 Å². The molecule has 0 bridgehead atoms. The third kappa shape index (κ3) is 2.29. The fourth-order valence-electron chi connectivity index (χ4n) is 1.25. The van der Waals surface area contributed by atoms with Crippen LogP contribution in [0.25, 0.3) is 0 Å². The van der Waals surface area contributed by atoms with Gasteiger partial charge in [0.15, 0.2) is 5.78 Å². The van der Waals surface area contributed by atoms with Crippen molar-refractivity contribution in [2.75, 3.05) is 5.73 Å². The van der Waals surface area contributed by atoms with Gasteiger partial charge in [0.25, 0.3) is 0 Å². The van der Waals surface area contributed by atoms with Gasteiger partial charge in [-0.25, -0.2) is 0 Å². The smallest absolute Gasteiger partial charge is 0.399 e. The Morgan fingerprint density at radius 2 is 1.87 bits per heavy atom.